The Labute approximate surface area is 107 Å². The SMILES string of the molecule is CC(C)(CNc1ccnc(CN)n1)c1cc[nH]c1. The third-order valence-electron chi connectivity index (χ3n) is 2.98. The van der Waals surface area contributed by atoms with E-state index in [9.17, 15) is 0 Å². The van der Waals surface area contributed by atoms with Crippen LogP contribution in [0.3, 0.4) is 0 Å². The van der Waals surface area contributed by atoms with E-state index in [2.05, 4.69) is 40.2 Å². The van der Waals surface area contributed by atoms with Crippen molar-refractivity contribution in [2.45, 2.75) is 25.8 Å². The predicted octanol–water partition coefficient (Wildman–Crippen LogP) is 1.65. The fourth-order valence-electron chi connectivity index (χ4n) is 1.75. The van der Waals surface area contributed by atoms with Crippen molar-refractivity contribution in [1.29, 1.82) is 0 Å². The molecule has 2 aromatic rings. The van der Waals surface area contributed by atoms with Crippen LogP contribution in [0.2, 0.25) is 0 Å². The van der Waals surface area contributed by atoms with Crippen molar-refractivity contribution in [3.63, 3.8) is 0 Å². The van der Waals surface area contributed by atoms with Crippen molar-refractivity contribution >= 4 is 5.82 Å². The standard InChI is InChI=1S/C13H19N5/c1-13(2,10-3-5-15-8-10)9-17-11-4-6-16-12(7-14)18-11/h3-6,8,15H,7,9,14H2,1-2H3,(H,16,17,18). The number of hydrogen-bond donors (Lipinski definition) is 3. The molecule has 18 heavy (non-hydrogen) atoms. The molecule has 2 aromatic heterocycles. The molecular formula is C13H19N5. The Bertz CT molecular complexity index is 490. The second-order valence-electron chi connectivity index (χ2n) is 4.90. The van der Waals surface area contributed by atoms with Gasteiger partial charge in [-0.3, -0.25) is 0 Å². The average Bonchev–Trinajstić information content (AvgIpc) is 2.91. The maximum absolute atomic E-state index is 5.52. The molecule has 2 heterocycles. The molecule has 5 heteroatoms. The lowest BCUT2D eigenvalue weighted by molar-refractivity contribution is 0.556. The van der Waals surface area contributed by atoms with E-state index in [0.29, 0.717) is 12.4 Å². The van der Waals surface area contributed by atoms with E-state index in [0.717, 1.165) is 12.4 Å². The van der Waals surface area contributed by atoms with Gasteiger partial charge < -0.3 is 16.0 Å². The van der Waals surface area contributed by atoms with E-state index in [1.165, 1.54) is 5.56 Å². The summed E-state index contributed by atoms with van der Waals surface area (Å²) in [6, 6.07) is 3.94. The molecule has 0 fully saturated rings. The van der Waals surface area contributed by atoms with Crippen molar-refractivity contribution in [1.82, 2.24) is 15.0 Å². The number of nitrogens with two attached hydrogens (primary N) is 1. The van der Waals surface area contributed by atoms with E-state index in [-0.39, 0.29) is 5.41 Å². The molecule has 0 atom stereocenters. The normalized spacial score (nSPS) is 11.5. The highest BCUT2D eigenvalue weighted by Crippen LogP contribution is 2.22. The molecule has 96 valence electrons. The monoisotopic (exact) mass is 245 g/mol. The van der Waals surface area contributed by atoms with Crippen LogP contribution in [0.5, 0.6) is 0 Å². The molecule has 0 unspecified atom stereocenters. The summed E-state index contributed by atoms with van der Waals surface area (Å²) in [6.45, 7) is 5.53. The highest BCUT2D eigenvalue weighted by atomic mass is 15.0. The van der Waals surface area contributed by atoms with Gasteiger partial charge in [0.05, 0.1) is 6.54 Å². The van der Waals surface area contributed by atoms with Gasteiger partial charge in [-0.25, -0.2) is 9.97 Å². The van der Waals surface area contributed by atoms with Crippen LogP contribution < -0.4 is 11.1 Å². The summed E-state index contributed by atoms with van der Waals surface area (Å²) in [6.07, 6.45) is 5.68. The second kappa shape index (κ2) is 5.18. The van der Waals surface area contributed by atoms with E-state index < -0.39 is 0 Å². The Morgan fingerprint density at radius 2 is 2.22 bits per heavy atom. The predicted molar refractivity (Wildman–Crippen MR) is 72.2 cm³/mol. The molecule has 0 spiro atoms. The second-order valence-corrected chi connectivity index (χ2v) is 4.90. The number of H-pyrrole nitrogens is 1. The largest absolute Gasteiger partial charge is 0.369 e. The first kappa shape index (κ1) is 12.6. The van der Waals surface area contributed by atoms with Crippen LogP contribution in [0.1, 0.15) is 25.2 Å². The first-order valence-electron chi connectivity index (χ1n) is 6.01. The van der Waals surface area contributed by atoms with Gasteiger partial charge in [0.2, 0.25) is 0 Å². The number of aromatic amines is 1. The van der Waals surface area contributed by atoms with Crippen molar-refractivity contribution in [2.75, 3.05) is 11.9 Å². The third kappa shape index (κ3) is 2.87. The van der Waals surface area contributed by atoms with Gasteiger partial charge in [-0.2, -0.15) is 0 Å². The maximum atomic E-state index is 5.52. The van der Waals surface area contributed by atoms with Gasteiger partial charge in [-0.05, 0) is 17.7 Å². The van der Waals surface area contributed by atoms with Gasteiger partial charge in [0.25, 0.3) is 0 Å². The summed E-state index contributed by atoms with van der Waals surface area (Å²) in [5.41, 5.74) is 6.82. The zero-order valence-electron chi connectivity index (χ0n) is 10.8. The first-order chi connectivity index (χ1) is 8.62. The van der Waals surface area contributed by atoms with Gasteiger partial charge in [-0.1, -0.05) is 13.8 Å². The van der Waals surface area contributed by atoms with Crippen molar-refractivity contribution in [3.05, 3.63) is 42.1 Å². The Morgan fingerprint density at radius 1 is 1.39 bits per heavy atom. The quantitative estimate of drug-likeness (QED) is 0.748. The minimum atomic E-state index is 0.0355. The first-order valence-corrected chi connectivity index (χ1v) is 6.01. The summed E-state index contributed by atoms with van der Waals surface area (Å²) in [5.74, 6) is 1.47. The molecule has 0 radical (unpaired) electrons. The molecule has 0 aliphatic carbocycles. The topological polar surface area (TPSA) is 79.6 Å². The highest BCUT2D eigenvalue weighted by molar-refractivity contribution is 5.35. The molecule has 0 saturated carbocycles. The third-order valence-corrected chi connectivity index (χ3v) is 2.98. The highest BCUT2D eigenvalue weighted by Gasteiger charge is 2.20. The number of nitrogens with zero attached hydrogens (tertiary/aromatic N) is 2. The molecule has 0 saturated heterocycles. The van der Waals surface area contributed by atoms with Crippen LogP contribution in [-0.2, 0) is 12.0 Å². The molecule has 0 aromatic carbocycles. The van der Waals surface area contributed by atoms with Gasteiger partial charge in [-0.15, -0.1) is 0 Å². The van der Waals surface area contributed by atoms with Gasteiger partial charge in [0.1, 0.15) is 11.6 Å². The van der Waals surface area contributed by atoms with Crippen LogP contribution in [0.15, 0.2) is 30.7 Å². The minimum Gasteiger partial charge on any atom is -0.369 e. The number of nitrogens with one attached hydrogen (secondary N) is 2. The Morgan fingerprint density at radius 3 is 2.89 bits per heavy atom. The van der Waals surface area contributed by atoms with E-state index in [1.54, 1.807) is 6.20 Å². The fourth-order valence-corrected chi connectivity index (χ4v) is 1.75. The number of aromatic nitrogens is 3. The molecule has 4 N–H and O–H groups in total. The molecule has 0 bridgehead atoms. The summed E-state index contributed by atoms with van der Waals surface area (Å²) in [4.78, 5) is 11.5. The lowest BCUT2D eigenvalue weighted by Gasteiger charge is -2.24. The molecule has 2 rings (SSSR count). The number of rotatable bonds is 5. The summed E-state index contributed by atoms with van der Waals surface area (Å²) in [7, 11) is 0. The average molecular weight is 245 g/mol. The molecule has 0 amide bonds. The van der Waals surface area contributed by atoms with E-state index in [4.69, 9.17) is 5.73 Å². The summed E-state index contributed by atoms with van der Waals surface area (Å²) in [5, 5.41) is 3.33. The van der Waals surface area contributed by atoms with Crippen LogP contribution in [0, 0.1) is 0 Å². The van der Waals surface area contributed by atoms with Gasteiger partial charge in [0, 0.05) is 30.6 Å². The minimum absolute atomic E-state index is 0.0355. The van der Waals surface area contributed by atoms with Gasteiger partial charge in [0.15, 0.2) is 0 Å². The summed E-state index contributed by atoms with van der Waals surface area (Å²) < 4.78 is 0. The Kier molecular flexibility index (Phi) is 3.62. The van der Waals surface area contributed by atoms with Crippen molar-refractivity contribution in [3.8, 4) is 0 Å². The van der Waals surface area contributed by atoms with Crippen molar-refractivity contribution < 1.29 is 0 Å². The van der Waals surface area contributed by atoms with Crippen LogP contribution >= 0.6 is 0 Å². The number of hydrogen-bond acceptors (Lipinski definition) is 4. The lowest BCUT2D eigenvalue weighted by Crippen LogP contribution is -2.27. The van der Waals surface area contributed by atoms with E-state index >= 15 is 0 Å². The van der Waals surface area contributed by atoms with Gasteiger partial charge >= 0.3 is 0 Å². The maximum Gasteiger partial charge on any atom is 0.144 e. The zero-order chi connectivity index (χ0) is 13.0. The molecule has 0 aliphatic rings. The lowest BCUT2D eigenvalue weighted by atomic mass is 9.86. The summed E-state index contributed by atoms with van der Waals surface area (Å²) >= 11 is 0. The molecule has 5 nitrogen and oxygen atoms in total. The smallest absolute Gasteiger partial charge is 0.144 e. The van der Waals surface area contributed by atoms with E-state index in [1.807, 2.05) is 18.5 Å². The zero-order valence-corrected chi connectivity index (χ0v) is 10.8. The fraction of sp³-hybridized carbons (Fsp3) is 0.385. The molecular weight excluding hydrogens is 226 g/mol. The van der Waals surface area contributed by atoms with Crippen LogP contribution in [-0.4, -0.2) is 21.5 Å². The van der Waals surface area contributed by atoms with Crippen LogP contribution in [0.25, 0.3) is 0 Å². The van der Waals surface area contributed by atoms with Crippen molar-refractivity contribution in [2.24, 2.45) is 5.73 Å². The molecule has 0 aliphatic heterocycles. The number of anilines is 1. The van der Waals surface area contributed by atoms with Crippen LogP contribution in [0.4, 0.5) is 5.82 Å². The Balaban J connectivity index is 2.02. The Hall–Kier alpha value is -1.88.